The van der Waals surface area contributed by atoms with Crippen LogP contribution in [0.5, 0.6) is 0 Å². The molecule has 0 spiro atoms. The molecule has 1 atom stereocenters. The van der Waals surface area contributed by atoms with Crippen molar-refractivity contribution in [3.05, 3.63) is 42.2 Å². The van der Waals surface area contributed by atoms with E-state index < -0.39 is 17.6 Å². The summed E-state index contributed by atoms with van der Waals surface area (Å²) in [7, 11) is 0. The van der Waals surface area contributed by atoms with E-state index in [0.29, 0.717) is 5.69 Å². The van der Waals surface area contributed by atoms with Crippen LogP contribution in [-0.4, -0.2) is 27.8 Å². The van der Waals surface area contributed by atoms with Gasteiger partial charge < -0.3 is 14.9 Å². The first-order chi connectivity index (χ1) is 9.40. The molecular formula is C15H18N2O3. The molecule has 0 fully saturated rings. The van der Waals surface area contributed by atoms with Gasteiger partial charge in [0, 0.05) is 11.6 Å². The predicted octanol–water partition coefficient (Wildman–Crippen LogP) is 2.23. The number of aliphatic hydroxyl groups is 1. The molecule has 106 valence electrons. The molecule has 1 aromatic heterocycles. The minimum absolute atomic E-state index is 0.123. The van der Waals surface area contributed by atoms with E-state index in [-0.39, 0.29) is 5.76 Å². The number of carbonyl (C=O) groups is 1. The fourth-order valence-electron chi connectivity index (χ4n) is 1.59. The van der Waals surface area contributed by atoms with Crippen molar-refractivity contribution in [2.75, 3.05) is 0 Å². The molecule has 5 nitrogen and oxygen atoms in total. The van der Waals surface area contributed by atoms with Crippen LogP contribution in [0.4, 0.5) is 0 Å². The molecule has 0 bridgehead atoms. The molecule has 0 aliphatic carbocycles. The van der Waals surface area contributed by atoms with Gasteiger partial charge in [-0.2, -0.15) is 0 Å². The lowest BCUT2D eigenvalue weighted by molar-refractivity contribution is 0.0681. The zero-order valence-corrected chi connectivity index (χ0v) is 11.8. The minimum atomic E-state index is -0.739. The van der Waals surface area contributed by atoms with Crippen molar-refractivity contribution >= 4 is 5.91 Å². The first kappa shape index (κ1) is 14.3. The van der Waals surface area contributed by atoms with Gasteiger partial charge in [-0.1, -0.05) is 35.5 Å². The van der Waals surface area contributed by atoms with E-state index in [1.807, 2.05) is 30.3 Å². The first-order valence-electron chi connectivity index (χ1n) is 6.43. The molecule has 1 heterocycles. The van der Waals surface area contributed by atoms with Crippen molar-refractivity contribution in [1.29, 1.82) is 0 Å². The number of aromatic nitrogens is 1. The monoisotopic (exact) mass is 274 g/mol. The van der Waals surface area contributed by atoms with E-state index in [1.165, 1.54) is 0 Å². The maximum Gasteiger partial charge on any atom is 0.290 e. The Kier molecular flexibility index (Phi) is 3.90. The molecule has 20 heavy (non-hydrogen) atoms. The molecule has 2 aromatic rings. The normalized spacial score (nSPS) is 13.0. The average Bonchev–Trinajstić information content (AvgIpc) is 2.88. The van der Waals surface area contributed by atoms with Crippen LogP contribution in [0.25, 0.3) is 11.3 Å². The molecule has 1 unspecified atom stereocenters. The Morgan fingerprint density at radius 2 is 2.00 bits per heavy atom. The quantitative estimate of drug-likeness (QED) is 0.896. The third-order valence-corrected chi connectivity index (χ3v) is 3.28. The summed E-state index contributed by atoms with van der Waals surface area (Å²) in [6.45, 7) is 5.10. The van der Waals surface area contributed by atoms with E-state index in [2.05, 4.69) is 10.5 Å². The highest BCUT2D eigenvalue weighted by atomic mass is 16.5. The summed E-state index contributed by atoms with van der Waals surface area (Å²) in [5, 5.41) is 16.2. The maximum atomic E-state index is 12.1. The average molecular weight is 274 g/mol. The number of carbonyl (C=O) groups excluding carboxylic acids is 1. The largest absolute Gasteiger partial charge is 0.391 e. The summed E-state index contributed by atoms with van der Waals surface area (Å²) in [5.41, 5.74) is 0.743. The molecule has 0 saturated carbocycles. The van der Waals surface area contributed by atoms with Crippen LogP contribution in [0, 0.1) is 0 Å². The molecular weight excluding hydrogens is 256 g/mol. The van der Waals surface area contributed by atoms with Gasteiger partial charge >= 0.3 is 0 Å². The van der Waals surface area contributed by atoms with E-state index in [9.17, 15) is 9.90 Å². The topological polar surface area (TPSA) is 75.4 Å². The summed E-state index contributed by atoms with van der Waals surface area (Å²) < 4.78 is 5.06. The van der Waals surface area contributed by atoms with Crippen molar-refractivity contribution in [2.24, 2.45) is 0 Å². The van der Waals surface area contributed by atoms with Gasteiger partial charge in [-0.3, -0.25) is 4.79 Å². The number of hydrogen-bond acceptors (Lipinski definition) is 4. The van der Waals surface area contributed by atoms with Gasteiger partial charge in [0.1, 0.15) is 5.69 Å². The highest BCUT2D eigenvalue weighted by Crippen LogP contribution is 2.19. The van der Waals surface area contributed by atoms with Gasteiger partial charge in [-0.25, -0.2) is 0 Å². The van der Waals surface area contributed by atoms with Crippen molar-refractivity contribution in [3.63, 3.8) is 0 Å². The second-order valence-corrected chi connectivity index (χ2v) is 5.29. The third kappa shape index (κ3) is 3.05. The number of benzene rings is 1. The van der Waals surface area contributed by atoms with E-state index in [4.69, 9.17) is 4.52 Å². The number of amides is 1. The molecule has 0 saturated heterocycles. The first-order valence-corrected chi connectivity index (χ1v) is 6.43. The summed E-state index contributed by atoms with van der Waals surface area (Å²) in [6.07, 6.45) is -0.678. The third-order valence-electron chi connectivity index (χ3n) is 3.28. The lowest BCUT2D eigenvalue weighted by Gasteiger charge is -2.28. The van der Waals surface area contributed by atoms with Gasteiger partial charge in [0.05, 0.1) is 11.6 Å². The standard InChI is InChI=1S/C15H18N2O3/c1-10(18)15(2,3)16-14(19)13-9-12(17-20-13)11-7-5-4-6-8-11/h4-10,18H,1-3H3,(H,16,19). The van der Waals surface area contributed by atoms with Gasteiger partial charge in [-0.15, -0.1) is 0 Å². The molecule has 1 amide bonds. The molecule has 5 heteroatoms. The molecule has 0 aliphatic heterocycles. The summed E-state index contributed by atoms with van der Waals surface area (Å²) in [4.78, 5) is 12.1. The number of rotatable bonds is 4. The Labute approximate surface area is 117 Å². The summed E-state index contributed by atoms with van der Waals surface area (Å²) >= 11 is 0. The SMILES string of the molecule is CC(O)C(C)(C)NC(=O)c1cc(-c2ccccc2)no1. The Balaban J connectivity index is 2.15. The molecule has 0 aliphatic rings. The fourth-order valence-corrected chi connectivity index (χ4v) is 1.59. The highest BCUT2D eigenvalue weighted by molar-refractivity contribution is 5.92. The molecule has 1 aromatic carbocycles. The Bertz CT molecular complexity index is 588. The second-order valence-electron chi connectivity index (χ2n) is 5.29. The van der Waals surface area contributed by atoms with E-state index in [0.717, 1.165) is 5.56 Å². The summed E-state index contributed by atoms with van der Waals surface area (Å²) in [5.74, 6) is -0.275. The molecule has 2 rings (SSSR count). The van der Waals surface area contributed by atoms with E-state index in [1.54, 1.807) is 26.8 Å². The smallest absolute Gasteiger partial charge is 0.290 e. The van der Waals surface area contributed by atoms with Crippen LogP contribution in [0.1, 0.15) is 31.3 Å². The maximum absolute atomic E-state index is 12.1. The van der Waals surface area contributed by atoms with Crippen LogP contribution < -0.4 is 5.32 Å². The van der Waals surface area contributed by atoms with Crippen molar-refractivity contribution in [1.82, 2.24) is 10.5 Å². The Morgan fingerprint density at radius 3 is 2.60 bits per heavy atom. The number of hydrogen-bond donors (Lipinski definition) is 2. The lowest BCUT2D eigenvalue weighted by atomic mass is 9.98. The Morgan fingerprint density at radius 1 is 1.35 bits per heavy atom. The highest BCUT2D eigenvalue weighted by Gasteiger charge is 2.28. The zero-order valence-electron chi connectivity index (χ0n) is 11.8. The van der Waals surface area contributed by atoms with Crippen LogP contribution >= 0.6 is 0 Å². The van der Waals surface area contributed by atoms with Gasteiger partial charge in [-0.05, 0) is 20.8 Å². The number of aliphatic hydroxyl groups excluding tert-OH is 1. The van der Waals surface area contributed by atoms with Crippen molar-refractivity contribution < 1.29 is 14.4 Å². The van der Waals surface area contributed by atoms with Crippen LogP contribution in [0.3, 0.4) is 0 Å². The van der Waals surface area contributed by atoms with Gasteiger partial charge in [0.25, 0.3) is 5.91 Å². The van der Waals surface area contributed by atoms with E-state index >= 15 is 0 Å². The summed E-state index contributed by atoms with van der Waals surface area (Å²) in [6, 6.07) is 11.0. The fraction of sp³-hybridized carbons (Fsp3) is 0.333. The van der Waals surface area contributed by atoms with Crippen LogP contribution in [0.15, 0.2) is 40.9 Å². The zero-order chi connectivity index (χ0) is 14.8. The number of nitrogens with one attached hydrogen (secondary N) is 1. The van der Waals surface area contributed by atoms with Gasteiger partial charge in [0.2, 0.25) is 5.76 Å². The lowest BCUT2D eigenvalue weighted by Crippen LogP contribution is -2.50. The molecule has 0 radical (unpaired) electrons. The van der Waals surface area contributed by atoms with Crippen LogP contribution in [0.2, 0.25) is 0 Å². The van der Waals surface area contributed by atoms with Crippen molar-refractivity contribution in [2.45, 2.75) is 32.4 Å². The second kappa shape index (κ2) is 5.46. The molecule has 2 N–H and O–H groups in total. The van der Waals surface area contributed by atoms with Crippen LogP contribution in [-0.2, 0) is 0 Å². The number of nitrogens with zero attached hydrogens (tertiary/aromatic N) is 1. The van der Waals surface area contributed by atoms with Gasteiger partial charge in [0.15, 0.2) is 0 Å². The Hall–Kier alpha value is -2.14. The van der Waals surface area contributed by atoms with Crippen molar-refractivity contribution in [3.8, 4) is 11.3 Å². The minimum Gasteiger partial charge on any atom is -0.391 e. The predicted molar refractivity (Wildman–Crippen MR) is 75.2 cm³/mol.